The Morgan fingerprint density at radius 3 is 1.09 bits per heavy atom. The predicted octanol–water partition coefficient (Wildman–Crippen LogP) is 19.4. The van der Waals surface area contributed by atoms with Gasteiger partial charge in [0.15, 0.2) is 8.32 Å². The number of rotatable bonds is 52. The Balaban J connectivity index is 0. The molecule has 0 amide bonds. The van der Waals surface area contributed by atoms with Gasteiger partial charge in [0.25, 0.3) is 0 Å². The quantitative estimate of drug-likeness (QED) is 0.0351. The first-order valence-corrected chi connectivity index (χ1v) is 38.4. The number of thioether (sulfide) groups is 2. The van der Waals surface area contributed by atoms with Crippen LogP contribution in [-0.4, -0.2) is 113 Å². The minimum absolute atomic E-state index is 0.0440. The van der Waals surface area contributed by atoms with Gasteiger partial charge < -0.3 is 19.0 Å². The highest BCUT2D eigenvalue weighted by Gasteiger charge is 2.41. The van der Waals surface area contributed by atoms with Crippen LogP contribution in [0, 0.1) is 0 Å². The van der Waals surface area contributed by atoms with E-state index < -0.39 is 41.3 Å². The number of phosphoric ester groups is 2. The van der Waals surface area contributed by atoms with E-state index in [1.807, 2.05) is 34.6 Å². The molecule has 0 radical (unpaired) electrons. The average molecular weight is 1170 g/mol. The van der Waals surface area contributed by atoms with Gasteiger partial charge in [-0.25, -0.2) is 9.13 Å². The number of ether oxygens (including phenoxy) is 2. The highest BCUT2D eigenvalue weighted by atomic mass is 32.2. The second-order valence-electron chi connectivity index (χ2n) is 23.9. The molecule has 0 aromatic carbocycles. The van der Waals surface area contributed by atoms with Gasteiger partial charge >= 0.3 is 15.6 Å². The van der Waals surface area contributed by atoms with E-state index in [0.717, 1.165) is 25.7 Å². The van der Waals surface area contributed by atoms with Gasteiger partial charge in [-0.15, -0.1) is 0 Å². The topological polar surface area (TPSA) is 137 Å². The average Bonchev–Trinajstić information content (AvgIpc) is 3.32. The van der Waals surface area contributed by atoms with Crippen LogP contribution in [0.2, 0.25) is 18.1 Å². The van der Waals surface area contributed by atoms with E-state index in [2.05, 4.69) is 71.2 Å². The molecule has 0 aliphatic rings. The summed E-state index contributed by atoms with van der Waals surface area (Å²) in [5.74, 6) is 5.27. The molecule has 1 N–H and O–H groups in total. The fourth-order valence-corrected chi connectivity index (χ4v) is 13.8. The number of aliphatic hydroxyl groups is 1. The fraction of sp³-hybridized carbons (Fsp3) is 1.00. The van der Waals surface area contributed by atoms with Crippen molar-refractivity contribution in [2.24, 2.45) is 0 Å². The second kappa shape index (κ2) is 48.5. The molecular formula is C58H124O12P2S2Si. The molecule has 0 aromatic rings. The molecule has 75 heavy (non-hydrogen) atoms. The standard InChI is InChI=1S/C32H69O6PSSi.C26H55O6PS/c1-11-13-14-15-19-22-26-40-27-23-20-17-16-18-21-25-34-28-30(37-41(9,10)32(6,7)8)29-36-39(33,35-24-12-2)38-31(3,4)5;1-6-8-9-10-14-17-21-34-22-18-15-12-11-13-16-20-29-23-25(27)24-31-33(28,30-19-7-2)32-26(3,4)5/h30H,11-29H2,1-10H3;25,27H,6-24H2,1-5H3/t30-,39?;25-,33?/m00/s1. The zero-order valence-corrected chi connectivity index (χ0v) is 56.1. The second-order valence-corrected chi connectivity index (χ2v) is 34.3. The van der Waals surface area contributed by atoms with Crippen molar-refractivity contribution in [1.29, 1.82) is 0 Å². The third-order valence-corrected chi connectivity index (χ3v) is 22.7. The summed E-state index contributed by atoms with van der Waals surface area (Å²) >= 11 is 4.26. The van der Waals surface area contributed by atoms with Gasteiger partial charge in [0.1, 0.15) is 6.10 Å². The van der Waals surface area contributed by atoms with E-state index in [1.54, 1.807) is 20.8 Å². The Labute approximate surface area is 474 Å². The molecule has 0 fully saturated rings. The van der Waals surface area contributed by atoms with Gasteiger partial charge in [0.05, 0.1) is 56.9 Å². The van der Waals surface area contributed by atoms with E-state index in [-0.39, 0.29) is 37.6 Å². The molecule has 0 spiro atoms. The molecule has 0 rings (SSSR count). The van der Waals surface area contributed by atoms with Crippen molar-refractivity contribution in [3.8, 4) is 0 Å². The van der Waals surface area contributed by atoms with Crippen molar-refractivity contribution in [3.63, 3.8) is 0 Å². The van der Waals surface area contributed by atoms with Gasteiger partial charge in [0.2, 0.25) is 0 Å². The summed E-state index contributed by atoms with van der Waals surface area (Å²) in [5.41, 5.74) is -1.32. The van der Waals surface area contributed by atoms with Crippen molar-refractivity contribution in [2.75, 3.05) is 75.9 Å². The first-order valence-electron chi connectivity index (χ1n) is 30.2. The molecular weight excluding hydrogens is 1040 g/mol. The molecule has 12 nitrogen and oxygen atoms in total. The summed E-state index contributed by atoms with van der Waals surface area (Å²) in [6.45, 7) is 32.8. The van der Waals surface area contributed by atoms with Crippen molar-refractivity contribution >= 4 is 47.5 Å². The third kappa shape index (κ3) is 52.8. The van der Waals surface area contributed by atoms with Gasteiger partial charge in [-0.05, 0) is 134 Å². The van der Waals surface area contributed by atoms with Crippen LogP contribution in [-0.2, 0) is 50.2 Å². The lowest BCUT2D eigenvalue weighted by Gasteiger charge is -2.39. The minimum Gasteiger partial charge on any atom is -0.409 e. The molecule has 454 valence electrons. The number of hydrogen-bond acceptors (Lipinski definition) is 14. The Morgan fingerprint density at radius 1 is 0.413 bits per heavy atom. The Hall–Kier alpha value is 0.977. The molecule has 0 saturated carbocycles. The van der Waals surface area contributed by atoms with Crippen molar-refractivity contribution < 1.29 is 55.3 Å². The molecule has 4 atom stereocenters. The molecule has 0 aromatic heterocycles. The van der Waals surface area contributed by atoms with E-state index in [4.69, 9.17) is 41.0 Å². The van der Waals surface area contributed by atoms with Gasteiger partial charge in [0, 0.05) is 13.2 Å². The Kier molecular flexibility index (Phi) is 50.5. The summed E-state index contributed by atoms with van der Waals surface area (Å²) in [6.07, 6.45) is 31.7. The van der Waals surface area contributed by atoms with E-state index in [9.17, 15) is 14.2 Å². The number of phosphoric acid groups is 2. The summed E-state index contributed by atoms with van der Waals surface area (Å²) in [7, 11) is -9.50. The number of hydrogen-bond donors (Lipinski definition) is 1. The maximum Gasteiger partial charge on any atom is 0.475 e. The predicted molar refractivity (Wildman–Crippen MR) is 328 cm³/mol. The normalized spacial score (nSPS) is 15.1. The Bertz CT molecular complexity index is 1350. The van der Waals surface area contributed by atoms with Crippen LogP contribution in [0.15, 0.2) is 0 Å². The number of aliphatic hydroxyl groups excluding tert-OH is 1. The van der Waals surface area contributed by atoms with E-state index in [0.29, 0.717) is 32.8 Å². The lowest BCUT2D eigenvalue weighted by atomic mass is 10.1. The third-order valence-electron chi connectivity index (χ3n) is 12.3. The van der Waals surface area contributed by atoms with Crippen molar-refractivity contribution in [1.82, 2.24) is 0 Å². The van der Waals surface area contributed by atoms with E-state index >= 15 is 0 Å². The van der Waals surface area contributed by atoms with Gasteiger partial charge in [-0.3, -0.25) is 27.1 Å². The maximum atomic E-state index is 13.3. The van der Waals surface area contributed by atoms with Gasteiger partial charge in [-0.2, -0.15) is 23.5 Å². The molecule has 0 aliphatic heterocycles. The van der Waals surface area contributed by atoms with Crippen LogP contribution < -0.4 is 0 Å². The van der Waals surface area contributed by atoms with Crippen LogP contribution in [0.4, 0.5) is 0 Å². The molecule has 0 heterocycles. The van der Waals surface area contributed by atoms with E-state index in [1.165, 1.54) is 158 Å². The Morgan fingerprint density at radius 2 is 0.747 bits per heavy atom. The van der Waals surface area contributed by atoms with Crippen LogP contribution >= 0.6 is 39.2 Å². The van der Waals surface area contributed by atoms with Crippen molar-refractivity contribution in [3.05, 3.63) is 0 Å². The zero-order chi connectivity index (χ0) is 56.8. The smallest absolute Gasteiger partial charge is 0.409 e. The lowest BCUT2D eigenvalue weighted by molar-refractivity contribution is -0.0123. The first kappa shape index (κ1) is 78.0. The maximum absolute atomic E-state index is 13.3. The first-order chi connectivity index (χ1) is 35.4. The van der Waals surface area contributed by atoms with Crippen LogP contribution in [0.5, 0.6) is 0 Å². The molecule has 0 bridgehead atoms. The summed E-state index contributed by atoms with van der Waals surface area (Å²) < 4.78 is 77.5. The highest BCUT2D eigenvalue weighted by Crippen LogP contribution is 2.54. The van der Waals surface area contributed by atoms with Gasteiger partial charge in [-0.1, -0.05) is 164 Å². The highest BCUT2D eigenvalue weighted by molar-refractivity contribution is 7.99. The van der Waals surface area contributed by atoms with Crippen molar-refractivity contribution in [2.45, 2.75) is 298 Å². The fourth-order valence-electron chi connectivity index (χ4n) is 7.20. The molecule has 17 heteroatoms. The summed E-state index contributed by atoms with van der Waals surface area (Å²) in [4.78, 5) is 0. The SMILES string of the molecule is CCCCCCCCSCCCCCCCCOC[C@@H](COP(=O)(OCCC)OC(C)(C)C)O[Si](C)(C)C(C)(C)C.CCCCCCCCSCCCCCCCCOC[C@H](O)COP(=O)(OCCC)OC(C)(C)C. The number of unbranched alkanes of at least 4 members (excludes halogenated alkanes) is 20. The van der Waals surface area contributed by atoms with Crippen LogP contribution in [0.25, 0.3) is 0 Å². The minimum atomic E-state index is -3.72. The largest absolute Gasteiger partial charge is 0.475 e. The summed E-state index contributed by atoms with van der Waals surface area (Å²) in [6, 6.07) is 0. The monoisotopic (exact) mass is 1170 g/mol. The van der Waals surface area contributed by atoms with Crippen LogP contribution in [0.3, 0.4) is 0 Å². The zero-order valence-electron chi connectivity index (χ0n) is 51.7. The molecule has 2 unspecified atom stereocenters. The molecule has 0 aliphatic carbocycles. The lowest BCUT2D eigenvalue weighted by Crippen LogP contribution is -2.46. The molecule has 0 saturated heterocycles. The summed E-state index contributed by atoms with van der Waals surface area (Å²) in [5, 5.41) is 10.1. The van der Waals surface area contributed by atoms with Crippen LogP contribution in [0.1, 0.15) is 257 Å².